The zero-order valence-corrected chi connectivity index (χ0v) is 15.6. The average Bonchev–Trinajstić information content (AvgIpc) is 3.38. The van der Waals surface area contributed by atoms with Crippen molar-refractivity contribution in [2.45, 2.75) is 57.2 Å². The molecule has 4 rings (SSSR count). The maximum absolute atomic E-state index is 11.9. The van der Waals surface area contributed by atoms with Gasteiger partial charge in [0.15, 0.2) is 5.82 Å². The summed E-state index contributed by atoms with van der Waals surface area (Å²) in [6.45, 7) is 2.58. The van der Waals surface area contributed by atoms with Crippen LogP contribution in [0.15, 0.2) is 18.5 Å². The predicted octanol–water partition coefficient (Wildman–Crippen LogP) is 3.27. The van der Waals surface area contributed by atoms with E-state index in [9.17, 15) is 4.79 Å². The molecule has 27 heavy (non-hydrogen) atoms. The normalized spacial score (nSPS) is 25.9. The molecule has 1 aliphatic heterocycles. The van der Waals surface area contributed by atoms with Crippen LogP contribution in [0, 0.1) is 5.92 Å². The SMILES string of the molecule is C[C@@]1(COC(=O)OCC2CCCC2)CC[C@H](c2ccc3c(N)ncnn23)O1. The standard InChI is InChI=1S/C19H26N4O4/c1-19(11-26-18(24)25-10-13-4-2-3-5-13)9-8-16(27-19)14-6-7-15-17(20)21-12-22-23(14)15/h6-7,12-13,16H,2-5,8-11H2,1H3,(H2,20,21,22)/t16-,19+/m1/s1. The molecule has 0 bridgehead atoms. The van der Waals surface area contributed by atoms with Gasteiger partial charge >= 0.3 is 6.16 Å². The van der Waals surface area contributed by atoms with E-state index >= 15 is 0 Å². The number of hydrogen-bond donors (Lipinski definition) is 1. The summed E-state index contributed by atoms with van der Waals surface area (Å²) in [6, 6.07) is 3.84. The van der Waals surface area contributed by atoms with Crippen LogP contribution in [0.5, 0.6) is 0 Å². The van der Waals surface area contributed by atoms with Gasteiger partial charge in [0.2, 0.25) is 0 Å². The van der Waals surface area contributed by atoms with Crippen molar-refractivity contribution in [3.63, 3.8) is 0 Å². The second kappa shape index (κ2) is 7.34. The Morgan fingerprint density at radius 3 is 2.96 bits per heavy atom. The van der Waals surface area contributed by atoms with Crippen LogP contribution in [0.2, 0.25) is 0 Å². The number of nitrogens with zero attached hydrogens (tertiary/aromatic N) is 3. The molecule has 1 saturated carbocycles. The summed E-state index contributed by atoms with van der Waals surface area (Å²) in [4.78, 5) is 15.9. The van der Waals surface area contributed by atoms with Gasteiger partial charge in [-0.3, -0.25) is 0 Å². The number of rotatable bonds is 5. The van der Waals surface area contributed by atoms with Crippen molar-refractivity contribution in [1.29, 1.82) is 0 Å². The van der Waals surface area contributed by atoms with Gasteiger partial charge < -0.3 is 19.9 Å². The van der Waals surface area contributed by atoms with Crippen LogP contribution in [0.4, 0.5) is 10.6 Å². The lowest BCUT2D eigenvalue weighted by molar-refractivity contribution is -0.0772. The third-order valence-corrected chi connectivity index (χ3v) is 5.61. The Morgan fingerprint density at radius 1 is 1.33 bits per heavy atom. The van der Waals surface area contributed by atoms with E-state index in [1.807, 2.05) is 19.1 Å². The van der Waals surface area contributed by atoms with Gasteiger partial charge in [0.25, 0.3) is 0 Å². The van der Waals surface area contributed by atoms with Crippen molar-refractivity contribution in [3.8, 4) is 0 Å². The molecule has 3 heterocycles. The van der Waals surface area contributed by atoms with Crippen LogP contribution in [0.25, 0.3) is 5.52 Å². The van der Waals surface area contributed by atoms with Gasteiger partial charge in [-0.25, -0.2) is 14.3 Å². The van der Waals surface area contributed by atoms with Gasteiger partial charge in [-0.05, 0) is 50.7 Å². The van der Waals surface area contributed by atoms with Gasteiger partial charge in [-0.2, -0.15) is 5.10 Å². The Bertz CT molecular complexity index is 817. The molecule has 1 aliphatic carbocycles. The van der Waals surface area contributed by atoms with E-state index < -0.39 is 11.8 Å². The van der Waals surface area contributed by atoms with Gasteiger partial charge in [0.1, 0.15) is 30.2 Å². The maximum Gasteiger partial charge on any atom is 0.508 e. The highest BCUT2D eigenvalue weighted by atomic mass is 16.7. The van der Waals surface area contributed by atoms with Gasteiger partial charge in [0, 0.05) is 0 Å². The molecule has 1 saturated heterocycles. The largest absolute Gasteiger partial charge is 0.508 e. The Balaban J connectivity index is 1.32. The number of carbonyl (C=O) groups excluding carboxylic acids is 1. The lowest BCUT2D eigenvalue weighted by atomic mass is 10.0. The third kappa shape index (κ3) is 3.85. The average molecular weight is 374 g/mol. The molecule has 2 aliphatic rings. The molecule has 8 nitrogen and oxygen atoms in total. The van der Waals surface area contributed by atoms with Gasteiger partial charge in [0.05, 0.1) is 12.3 Å². The number of hydrogen-bond acceptors (Lipinski definition) is 7. The maximum atomic E-state index is 11.9. The van der Waals surface area contributed by atoms with Crippen LogP contribution in [-0.4, -0.2) is 39.6 Å². The Labute approximate surface area is 158 Å². The van der Waals surface area contributed by atoms with Crippen molar-refractivity contribution in [2.24, 2.45) is 5.92 Å². The van der Waals surface area contributed by atoms with Crippen LogP contribution in [-0.2, 0) is 14.2 Å². The second-order valence-corrected chi connectivity index (χ2v) is 7.80. The van der Waals surface area contributed by atoms with Crippen LogP contribution >= 0.6 is 0 Å². The predicted molar refractivity (Wildman–Crippen MR) is 98.1 cm³/mol. The summed E-state index contributed by atoms with van der Waals surface area (Å²) in [7, 11) is 0. The summed E-state index contributed by atoms with van der Waals surface area (Å²) >= 11 is 0. The molecule has 2 N–H and O–H groups in total. The number of fused-ring (bicyclic) bond motifs is 1. The Kier molecular flexibility index (Phi) is 4.90. The molecular formula is C19H26N4O4. The first-order valence-corrected chi connectivity index (χ1v) is 9.59. The topological polar surface area (TPSA) is 101 Å². The zero-order valence-electron chi connectivity index (χ0n) is 15.6. The minimum Gasteiger partial charge on any atom is -0.434 e. The van der Waals surface area contributed by atoms with Crippen LogP contribution < -0.4 is 5.73 Å². The highest BCUT2D eigenvalue weighted by Crippen LogP contribution is 2.40. The number of carbonyl (C=O) groups is 1. The molecule has 2 fully saturated rings. The molecule has 0 unspecified atom stereocenters. The van der Waals surface area contributed by atoms with Crippen molar-refractivity contribution >= 4 is 17.5 Å². The summed E-state index contributed by atoms with van der Waals surface area (Å²) in [5, 5.41) is 4.27. The number of ether oxygens (including phenoxy) is 3. The van der Waals surface area contributed by atoms with Gasteiger partial charge in [-0.1, -0.05) is 12.8 Å². The molecular weight excluding hydrogens is 348 g/mol. The molecule has 2 atom stereocenters. The number of nitrogens with two attached hydrogens (primary N) is 1. The first-order valence-electron chi connectivity index (χ1n) is 9.59. The molecule has 2 aromatic heterocycles. The van der Waals surface area contributed by atoms with E-state index in [1.165, 1.54) is 19.2 Å². The van der Waals surface area contributed by atoms with E-state index in [0.29, 0.717) is 18.3 Å². The minimum atomic E-state index is -0.608. The molecule has 0 spiro atoms. The molecule has 0 aromatic carbocycles. The fourth-order valence-electron chi connectivity index (χ4n) is 4.05. The quantitative estimate of drug-likeness (QED) is 0.802. The molecule has 2 aromatic rings. The Hall–Kier alpha value is -2.35. The van der Waals surface area contributed by atoms with E-state index in [0.717, 1.165) is 36.9 Å². The fraction of sp³-hybridized carbons (Fsp3) is 0.632. The monoisotopic (exact) mass is 374 g/mol. The summed E-state index contributed by atoms with van der Waals surface area (Å²) < 4.78 is 18.5. The van der Waals surface area contributed by atoms with E-state index in [2.05, 4.69) is 10.1 Å². The summed E-state index contributed by atoms with van der Waals surface area (Å²) in [5.74, 6) is 0.919. The zero-order chi connectivity index (χ0) is 18.9. The minimum absolute atomic E-state index is 0.134. The number of anilines is 1. The van der Waals surface area contributed by atoms with E-state index in [1.54, 1.807) is 4.52 Å². The highest BCUT2D eigenvalue weighted by molar-refractivity contribution is 5.65. The molecule has 146 valence electrons. The van der Waals surface area contributed by atoms with Gasteiger partial charge in [-0.15, -0.1) is 0 Å². The molecule has 0 amide bonds. The number of nitrogen functional groups attached to an aromatic ring is 1. The lowest BCUT2D eigenvalue weighted by Crippen LogP contribution is -2.32. The fourth-order valence-corrected chi connectivity index (χ4v) is 4.05. The van der Waals surface area contributed by atoms with Crippen molar-refractivity contribution < 1.29 is 19.0 Å². The lowest BCUT2D eigenvalue weighted by Gasteiger charge is -2.24. The van der Waals surface area contributed by atoms with Crippen molar-refractivity contribution in [3.05, 3.63) is 24.2 Å². The molecule has 8 heteroatoms. The van der Waals surface area contributed by atoms with Crippen molar-refractivity contribution in [2.75, 3.05) is 18.9 Å². The van der Waals surface area contributed by atoms with E-state index in [4.69, 9.17) is 19.9 Å². The second-order valence-electron chi connectivity index (χ2n) is 7.80. The van der Waals surface area contributed by atoms with Crippen molar-refractivity contribution in [1.82, 2.24) is 14.6 Å². The first-order chi connectivity index (χ1) is 13.0. The molecule has 0 radical (unpaired) electrons. The first kappa shape index (κ1) is 18.0. The number of aromatic nitrogens is 3. The smallest absolute Gasteiger partial charge is 0.434 e. The highest BCUT2D eigenvalue weighted by Gasteiger charge is 2.39. The van der Waals surface area contributed by atoms with Crippen LogP contribution in [0.1, 0.15) is 57.2 Å². The van der Waals surface area contributed by atoms with Crippen LogP contribution in [0.3, 0.4) is 0 Å². The summed E-state index contributed by atoms with van der Waals surface area (Å²) in [6.07, 6.45) is 7.00. The van der Waals surface area contributed by atoms with E-state index in [-0.39, 0.29) is 12.7 Å². The Morgan fingerprint density at radius 2 is 2.15 bits per heavy atom. The third-order valence-electron chi connectivity index (χ3n) is 5.61. The summed E-state index contributed by atoms with van der Waals surface area (Å²) in [5.41, 5.74) is 7.03.